The summed E-state index contributed by atoms with van der Waals surface area (Å²) in [6.45, 7) is 7.78. The van der Waals surface area contributed by atoms with Crippen LogP contribution in [-0.2, 0) is 4.79 Å². The molecule has 0 aromatic carbocycles. The maximum absolute atomic E-state index is 11.6. The molecular formula is C11H20N2O. The van der Waals surface area contributed by atoms with Crippen LogP contribution in [0, 0.1) is 11.3 Å². The number of likely N-dealkylation sites (tertiary alicyclic amines) is 1. The molecule has 0 aliphatic carbocycles. The van der Waals surface area contributed by atoms with Crippen LogP contribution in [0.25, 0.3) is 0 Å². The maximum Gasteiger partial charge on any atom is 0.221 e. The van der Waals surface area contributed by atoms with Crippen LogP contribution in [0.1, 0.15) is 33.6 Å². The van der Waals surface area contributed by atoms with Crippen LogP contribution in [0.4, 0.5) is 0 Å². The highest BCUT2D eigenvalue weighted by Crippen LogP contribution is 2.49. The van der Waals surface area contributed by atoms with Gasteiger partial charge in [-0.3, -0.25) is 9.69 Å². The molecule has 0 radical (unpaired) electrons. The number of hydrogen-bond donors (Lipinski definition) is 1. The Labute approximate surface area is 85.8 Å². The molecule has 0 aromatic heterocycles. The van der Waals surface area contributed by atoms with Crippen molar-refractivity contribution in [3.8, 4) is 0 Å². The van der Waals surface area contributed by atoms with E-state index in [1.54, 1.807) is 0 Å². The second-order valence-corrected chi connectivity index (χ2v) is 5.45. The van der Waals surface area contributed by atoms with E-state index in [-0.39, 0.29) is 17.0 Å². The first kappa shape index (κ1) is 9.97. The number of carbonyl (C=O) groups excluding carboxylic acids is 1. The number of rotatable bonds is 0. The Morgan fingerprint density at radius 3 is 2.71 bits per heavy atom. The summed E-state index contributed by atoms with van der Waals surface area (Å²) in [5.74, 6) is 0.751. The zero-order valence-corrected chi connectivity index (χ0v) is 9.55. The van der Waals surface area contributed by atoms with Crippen LogP contribution in [0.5, 0.6) is 0 Å². The van der Waals surface area contributed by atoms with Crippen molar-refractivity contribution >= 4 is 5.91 Å². The summed E-state index contributed by atoms with van der Waals surface area (Å²) >= 11 is 0. The van der Waals surface area contributed by atoms with Gasteiger partial charge < -0.3 is 5.32 Å². The second kappa shape index (κ2) is 2.72. The average molecular weight is 196 g/mol. The van der Waals surface area contributed by atoms with Crippen LogP contribution in [0.3, 0.4) is 0 Å². The first-order chi connectivity index (χ1) is 6.38. The molecule has 0 aromatic rings. The second-order valence-electron chi connectivity index (χ2n) is 5.45. The minimum atomic E-state index is -0.161. The zero-order valence-electron chi connectivity index (χ0n) is 9.55. The number of amides is 1. The van der Waals surface area contributed by atoms with Gasteiger partial charge in [-0.05, 0) is 26.3 Å². The van der Waals surface area contributed by atoms with Gasteiger partial charge in [-0.25, -0.2) is 0 Å². The van der Waals surface area contributed by atoms with E-state index in [4.69, 9.17) is 0 Å². The lowest BCUT2D eigenvalue weighted by atomic mass is 9.61. The highest BCUT2D eigenvalue weighted by atomic mass is 16.2. The fraction of sp³-hybridized carbons (Fsp3) is 0.909. The Balaban J connectivity index is 2.41. The largest absolute Gasteiger partial charge is 0.338 e. The molecule has 0 saturated carbocycles. The summed E-state index contributed by atoms with van der Waals surface area (Å²) in [6, 6.07) is 0. The fourth-order valence-corrected chi connectivity index (χ4v) is 2.98. The summed E-state index contributed by atoms with van der Waals surface area (Å²) in [4.78, 5) is 13.9. The minimum Gasteiger partial charge on any atom is -0.338 e. The Hall–Kier alpha value is -0.570. The minimum absolute atomic E-state index is 0.161. The number of nitrogens with zero attached hydrogens (tertiary/aromatic N) is 1. The van der Waals surface area contributed by atoms with Crippen LogP contribution in [-0.4, -0.2) is 30.1 Å². The number of hydrogen-bond acceptors (Lipinski definition) is 2. The molecular weight excluding hydrogens is 176 g/mol. The van der Waals surface area contributed by atoms with Crippen LogP contribution >= 0.6 is 0 Å². The molecule has 3 heteroatoms. The predicted octanol–water partition coefficient (Wildman–Crippen LogP) is 1.20. The number of nitrogens with one attached hydrogen (secondary N) is 1. The van der Waals surface area contributed by atoms with Gasteiger partial charge in [-0.1, -0.05) is 13.8 Å². The summed E-state index contributed by atoms with van der Waals surface area (Å²) in [7, 11) is 2.10. The number of carbonyl (C=O) groups is 1. The normalized spacial score (nSPS) is 42.0. The Morgan fingerprint density at radius 1 is 1.43 bits per heavy atom. The van der Waals surface area contributed by atoms with Gasteiger partial charge in [0.15, 0.2) is 0 Å². The van der Waals surface area contributed by atoms with Crippen molar-refractivity contribution in [3.63, 3.8) is 0 Å². The van der Waals surface area contributed by atoms with Gasteiger partial charge in [0.2, 0.25) is 5.91 Å². The quantitative estimate of drug-likeness (QED) is 0.631. The summed E-state index contributed by atoms with van der Waals surface area (Å²) in [5, 5.41) is 3.15. The van der Waals surface area contributed by atoms with E-state index in [0.717, 1.165) is 13.0 Å². The van der Waals surface area contributed by atoms with Crippen molar-refractivity contribution < 1.29 is 4.79 Å². The Morgan fingerprint density at radius 2 is 2.07 bits per heavy atom. The topological polar surface area (TPSA) is 32.3 Å². The lowest BCUT2D eigenvalue weighted by Crippen LogP contribution is -2.73. The SMILES string of the molecule is CN1CC[C@@H]2CC(=O)N[C@@]1(C)C2(C)C. The van der Waals surface area contributed by atoms with Crippen molar-refractivity contribution in [2.45, 2.75) is 39.3 Å². The molecule has 0 unspecified atom stereocenters. The standard InChI is InChI=1S/C11H20N2O/c1-10(2)8-5-6-13(4)11(10,3)12-9(14)7-8/h8H,5-7H2,1-4H3,(H,12,14)/t8-,11-/m1/s1. The summed E-state index contributed by atoms with van der Waals surface area (Å²) in [5.41, 5.74) is 0.0131. The maximum atomic E-state index is 11.6. The molecule has 80 valence electrons. The van der Waals surface area contributed by atoms with Gasteiger partial charge in [0.1, 0.15) is 0 Å². The van der Waals surface area contributed by atoms with Gasteiger partial charge in [0.05, 0.1) is 5.66 Å². The third kappa shape index (κ3) is 1.05. The molecule has 1 amide bonds. The van der Waals surface area contributed by atoms with E-state index in [2.05, 4.69) is 38.0 Å². The molecule has 2 atom stereocenters. The number of piperidine rings is 2. The third-order valence-corrected chi connectivity index (χ3v) is 4.67. The van der Waals surface area contributed by atoms with Gasteiger partial charge in [-0.15, -0.1) is 0 Å². The molecule has 3 nitrogen and oxygen atoms in total. The van der Waals surface area contributed by atoms with Crippen molar-refractivity contribution in [2.24, 2.45) is 11.3 Å². The first-order valence-electron chi connectivity index (χ1n) is 5.40. The monoisotopic (exact) mass is 196 g/mol. The molecule has 2 bridgehead atoms. The number of fused-ring (bicyclic) bond motifs is 2. The van der Waals surface area contributed by atoms with E-state index >= 15 is 0 Å². The Kier molecular flexibility index (Phi) is 1.94. The summed E-state index contributed by atoms with van der Waals surface area (Å²) in [6.07, 6.45) is 1.85. The molecule has 0 spiro atoms. The average Bonchev–Trinajstić information content (AvgIpc) is 2.06. The smallest absolute Gasteiger partial charge is 0.221 e. The molecule has 2 aliphatic heterocycles. The van der Waals surface area contributed by atoms with Crippen LogP contribution < -0.4 is 5.32 Å². The van der Waals surface area contributed by atoms with Crippen molar-refractivity contribution in [3.05, 3.63) is 0 Å². The fourth-order valence-electron chi connectivity index (χ4n) is 2.98. The van der Waals surface area contributed by atoms with E-state index in [1.165, 1.54) is 0 Å². The van der Waals surface area contributed by atoms with Crippen molar-refractivity contribution in [1.82, 2.24) is 10.2 Å². The van der Waals surface area contributed by atoms with Gasteiger partial charge in [0, 0.05) is 18.4 Å². The van der Waals surface area contributed by atoms with Crippen molar-refractivity contribution in [2.75, 3.05) is 13.6 Å². The molecule has 1 N–H and O–H groups in total. The molecule has 14 heavy (non-hydrogen) atoms. The van der Waals surface area contributed by atoms with Crippen molar-refractivity contribution in [1.29, 1.82) is 0 Å². The van der Waals surface area contributed by atoms with Gasteiger partial charge in [-0.2, -0.15) is 0 Å². The van der Waals surface area contributed by atoms with Gasteiger partial charge >= 0.3 is 0 Å². The lowest BCUT2D eigenvalue weighted by molar-refractivity contribution is -0.156. The highest BCUT2D eigenvalue weighted by molar-refractivity contribution is 5.78. The molecule has 2 rings (SSSR count). The molecule has 2 heterocycles. The lowest BCUT2D eigenvalue weighted by Gasteiger charge is -2.60. The Bertz CT molecular complexity index is 274. The van der Waals surface area contributed by atoms with Crippen LogP contribution in [0.2, 0.25) is 0 Å². The van der Waals surface area contributed by atoms with E-state index in [0.29, 0.717) is 12.3 Å². The van der Waals surface area contributed by atoms with E-state index in [9.17, 15) is 4.79 Å². The zero-order chi connectivity index (χ0) is 10.6. The van der Waals surface area contributed by atoms with E-state index < -0.39 is 0 Å². The first-order valence-corrected chi connectivity index (χ1v) is 5.40. The van der Waals surface area contributed by atoms with Gasteiger partial charge in [0.25, 0.3) is 0 Å². The van der Waals surface area contributed by atoms with Crippen LogP contribution in [0.15, 0.2) is 0 Å². The molecule has 2 saturated heterocycles. The third-order valence-electron chi connectivity index (χ3n) is 4.67. The molecule has 2 aliphatic rings. The molecule has 2 fully saturated rings. The summed E-state index contributed by atoms with van der Waals surface area (Å²) < 4.78 is 0. The predicted molar refractivity (Wildman–Crippen MR) is 55.7 cm³/mol. The highest BCUT2D eigenvalue weighted by Gasteiger charge is 2.55. The van der Waals surface area contributed by atoms with E-state index in [1.807, 2.05) is 0 Å².